The Kier molecular flexibility index (Phi) is 3.61. The molecule has 0 saturated carbocycles. The highest BCUT2D eigenvalue weighted by molar-refractivity contribution is 6.42. The van der Waals surface area contributed by atoms with Gasteiger partial charge in [-0.25, -0.2) is 0 Å². The molecule has 0 unspecified atom stereocenters. The van der Waals surface area contributed by atoms with Crippen LogP contribution in [0, 0.1) is 0 Å². The zero-order valence-corrected chi connectivity index (χ0v) is 10.1. The summed E-state index contributed by atoms with van der Waals surface area (Å²) >= 11 is 11.6. The van der Waals surface area contributed by atoms with Crippen LogP contribution < -0.4 is 4.74 Å². The van der Waals surface area contributed by atoms with Crippen molar-refractivity contribution < 1.29 is 9.53 Å². The van der Waals surface area contributed by atoms with E-state index in [1.165, 1.54) is 12.4 Å². The fourth-order valence-corrected chi connectivity index (χ4v) is 1.52. The molecule has 3 nitrogen and oxygen atoms in total. The van der Waals surface area contributed by atoms with Crippen LogP contribution in [-0.2, 0) is 0 Å². The van der Waals surface area contributed by atoms with Crippen LogP contribution in [0.15, 0.2) is 36.7 Å². The molecule has 0 aliphatic heterocycles. The fourth-order valence-electron chi connectivity index (χ4n) is 1.23. The molecule has 2 rings (SSSR count). The summed E-state index contributed by atoms with van der Waals surface area (Å²) in [5.74, 6) is 0.997. The lowest BCUT2D eigenvalue weighted by Crippen LogP contribution is -1.88. The Labute approximate surface area is 108 Å². The topological polar surface area (TPSA) is 39.2 Å². The van der Waals surface area contributed by atoms with Crippen LogP contribution in [0.4, 0.5) is 0 Å². The summed E-state index contributed by atoms with van der Waals surface area (Å²) in [4.78, 5) is 14.5. The van der Waals surface area contributed by atoms with Gasteiger partial charge < -0.3 is 4.74 Å². The van der Waals surface area contributed by atoms with Crippen LogP contribution in [-0.4, -0.2) is 11.3 Å². The van der Waals surface area contributed by atoms with Gasteiger partial charge >= 0.3 is 0 Å². The van der Waals surface area contributed by atoms with E-state index in [0.29, 0.717) is 33.4 Å². The Balaban J connectivity index is 2.24. The first-order valence-electron chi connectivity index (χ1n) is 4.72. The Hall–Kier alpha value is -1.58. The molecule has 1 aromatic carbocycles. The molecule has 0 aliphatic rings. The molecule has 0 atom stereocenters. The second-order valence-electron chi connectivity index (χ2n) is 3.25. The number of aromatic nitrogens is 1. The van der Waals surface area contributed by atoms with Gasteiger partial charge in [-0.3, -0.25) is 9.78 Å². The summed E-state index contributed by atoms with van der Waals surface area (Å²) in [6.45, 7) is 0. The number of ether oxygens (including phenoxy) is 1. The Morgan fingerprint density at radius 2 is 1.88 bits per heavy atom. The van der Waals surface area contributed by atoms with Gasteiger partial charge in [0.2, 0.25) is 0 Å². The smallest absolute Gasteiger partial charge is 0.151 e. The normalized spacial score (nSPS) is 10.0. The number of pyridine rings is 1. The van der Waals surface area contributed by atoms with Crippen molar-refractivity contribution in [2.24, 2.45) is 0 Å². The number of aldehydes is 1. The Morgan fingerprint density at radius 3 is 2.59 bits per heavy atom. The van der Waals surface area contributed by atoms with E-state index in [0.717, 1.165) is 0 Å². The van der Waals surface area contributed by atoms with E-state index >= 15 is 0 Å². The number of benzene rings is 1. The predicted octanol–water partition coefficient (Wildman–Crippen LogP) is 3.99. The van der Waals surface area contributed by atoms with Gasteiger partial charge in [-0.2, -0.15) is 0 Å². The van der Waals surface area contributed by atoms with E-state index in [9.17, 15) is 4.79 Å². The second-order valence-corrected chi connectivity index (χ2v) is 4.06. The Bertz CT molecular complexity index is 558. The summed E-state index contributed by atoms with van der Waals surface area (Å²) in [6, 6.07) is 6.50. The van der Waals surface area contributed by atoms with Crippen molar-refractivity contribution in [3.63, 3.8) is 0 Å². The van der Waals surface area contributed by atoms with Crippen LogP contribution in [0.25, 0.3) is 0 Å². The summed E-state index contributed by atoms with van der Waals surface area (Å²) in [5.41, 5.74) is 0.447. The first kappa shape index (κ1) is 11.9. The van der Waals surface area contributed by atoms with Gasteiger partial charge in [0.1, 0.15) is 11.5 Å². The lowest BCUT2D eigenvalue weighted by atomic mass is 10.3. The van der Waals surface area contributed by atoms with Gasteiger partial charge in [0, 0.05) is 17.8 Å². The standard InChI is InChI=1S/C12H7Cl2NO2/c13-11-2-1-9(4-12(11)14)17-10-3-8(7-16)5-15-6-10/h1-7H. The van der Waals surface area contributed by atoms with E-state index in [1.54, 1.807) is 24.3 Å². The SMILES string of the molecule is O=Cc1cncc(Oc2ccc(Cl)c(Cl)c2)c1. The third-order valence-electron chi connectivity index (χ3n) is 2.00. The molecule has 0 aliphatic carbocycles. The average molecular weight is 268 g/mol. The third kappa shape index (κ3) is 2.96. The number of carbonyl (C=O) groups is 1. The van der Waals surface area contributed by atoms with Crippen LogP contribution in [0.1, 0.15) is 10.4 Å². The molecule has 0 saturated heterocycles. The minimum Gasteiger partial charge on any atom is -0.456 e. The summed E-state index contributed by atoms with van der Waals surface area (Å²) < 4.78 is 5.49. The van der Waals surface area contributed by atoms with Gasteiger partial charge in [0.25, 0.3) is 0 Å². The molecule has 0 spiro atoms. The van der Waals surface area contributed by atoms with Gasteiger partial charge in [0.15, 0.2) is 6.29 Å². The number of hydrogen-bond donors (Lipinski definition) is 0. The molecule has 17 heavy (non-hydrogen) atoms. The highest BCUT2D eigenvalue weighted by Gasteiger charge is 2.02. The predicted molar refractivity (Wildman–Crippen MR) is 66.2 cm³/mol. The zero-order chi connectivity index (χ0) is 12.3. The number of carbonyl (C=O) groups excluding carboxylic acids is 1. The highest BCUT2D eigenvalue weighted by atomic mass is 35.5. The molecular formula is C12H7Cl2NO2. The molecule has 0 bridgehead atoms. The number of hydrogen-bond acceptors (Lipinski definition) is 3. The van der Waals surface area contributed by atoms with E-state index in [-0.39, 0.29) is 0 Å². The summed E-state index contributed by atoms with van der Waals surface area (Å²) in [7, 11) is 0. The van der Waals surface area contributed by atoms with E-state index in [4.69, 9.17) is 27.9 Å². The van der Waals surface area contributed by atoms with Crippen LogP contribution >= 0.6 is 23.2 Å². The average Bonchev–Trinajstić information content (AvgIpc) is 2.34. The highest BCUT2D eigenvalue weighted by Crippen LogP contribution is 2.29. The van der Waals surface area contributed by atoms with Crippen molar-refractivity contribution in [1.82, 2.24) is 4.98 Å². The third-order valence-corrected chi connectivity index (χ3v) is 2.74. The lowest BCUT2D eigenvalue weighted by Gasteiger charge is -2.06. The minimum absolute atomic E-state index is 0.406. The van der Waals surface area contributed by atoms with Crippen molar-refractivity contribution >= 4 is 29.5 Å². The van der Waals surface area contributed by atoms with Crippen molar-refractivity contribution in [2.45, 2.75) is 0 Å². The van der Waals surface area contributed by atoms with Gasteiger partial charge in [-0.1, -0.05) is 23.2 Å². The van der Waals surface area contributed by atoms with Gasteiger partial charge in [-0.05, 0) is 18.2 Å². The first-order chi connectivity index (χ1) is 8.19. The maximum atomic E-state index is 10.6. The van der Waals surface area contributed by atoms with Crippen LogP contribution in [0.3, 0.4) is 0 Å². The summed E-state index contributed by atoms with van der Waals surface area (Å²) in [5, 5.41) is 0.863. The molecule has 5 heteroatoms. The first-order valence-corrected chi connectivity index (χ1v) is 5.48. The molecule has 0 fully saturated rings. The molecular weight excluding hydrogens is 261 g/mol. The number of halogens is 2. The van der Waals surface area contributed by atoms with E-state index in [1.807, 2.05) is 0 Å². The molecule has 1 heterocycles. The van der Waals surface area contributed by atoms with Crippen molar-refractivity contribution in [3.05, 3.63) is 52.3 Å². The van der Waals surface area contributed by atoms with Crippen molar-refractivity contribution in [1.29, 1.82) is 0 Å². The van der Waals surface area contributed by atoms with Crippen LogP contribution in [0.2, 0.25) is 10.0 Å². The lowest BCUT2D eigenvalue weighted by molar-refractivity contribution is 0.112. The molecule has 1 aromatic heterocycles. The van der Waals surface area contributed by atoms with E-state index in [2.05, 4.69) is 4.98 Å². The molecule has 0 amide bonds. The number of nitrogens with zero attached hydrogens (tertiary/aromatic N) is 1. The van der Waals surface area contributed by atoms with Gasteiger partial charge in [0.05, 0.1) is 16.2 Å². The molecule has 0 N–H and O–H groups in total. The fraction of sp³-hybridized carbons (Fsp3) is 0. The van der Waals surface area contributed by atoms with Crippen LogP contribution in [0.5, 0.6) is 11.5 Å². The molecule has 86 valence electrons. The second kappa shape index (κ2) is 5.17. The quantitative estimate of drug-likeness (QED) is 0.790. The van der Waals surface area contributed by atoms with Crippen molar-refractivity contribution in [2.75, 3.05) is 0 Å². The monoisotopic (exact) mass is 267 g/mol. The maximum absolute atomic E-state index is 10.6. The largest absolute Gasteiger partial charge is 0.456 e. The maximum Gasteiger partial charge on any atom is 0.151 e. The minimum atomic E-state index is 0.406. The Morgan fingerprint density at radius 1 is 1.06 bits per heavy atom. The molecule has 2 aromatic rings. The molecule has 0 radical (unpaired) electrons. The number of rotatable bonds is 3. The summed E-state index contributed by atoms with van der Waals surface area (Å²) in [6.07, 6.45) is 3.67. The zero-order valence-electron chi connectivity index (χ0n) is 8.56. The van der Waals surface area contributed by atoms with E-state index < -0.39 is 0 Å². The van der Waals surface area contributed by atoms with Gasteiger partial charge in [-0.15, -0.1) is 0 Å². The van der Waals surface area contributed by atoms with Crippen molar-refractivity contribution in [3.8, 4) is 11.5 Å².